The molecule has 4 heterocycles. The van der Waals surface area contributed by atoms with Crippen LogP contribution in [0.3, 0.4) is 0 Å². The molecule has 27 heavy (non-hydrogen) atoms. The zero-order valence-corrected chi connectivity index (χ0v) is 15.1. The fraction of sp³-hybridized carbons (Fsp3) is 0.294. The van der Waals surface area contributed by atoms with Crippen LogP contribution in [-0.4, -0.2) is 63.6 Å². The number of hydrogen-bond acceptors (Lipinski definition) is 6. The Hall–Kier alpha value is -2.78. The van der Waals surface area contributed by atoms with Gasteiger partial charge in [0.15, 0.2) is 17.5 Å². The van der Waals surface area contributed by atoms with Gasteiger partial charge in [-0.05, 0) is 6.07 Å². The molecule has 3 aromatic heterocycles. The van der Waals surface area contributed by atoms with E-state index in [4.69, 9.17) is 16.3 Å². The summed E-state index contributed by atoms with van der Waals surface area (Å²) in [4.78, 5) is 28.9. The third-order valence-electron chi connectivity index (χ3n) is 4.33. The number of rotatable bonds is 5. The molecule has 1 amide bonds. The van der Waals surface area contributed by atoms with Gasteiger partial charge in [-0.1, -0.05) is 11.6 Å². The van der Waals surface area contributed by atoms with Crippen LogP contribution in [-0.2, 0) is 9.53 Å². The molecule has 1 aliphatic heterocycles. The summed E-state index contributed by atoms with van der Waals surface area (Å²) in [6.07, 6.45) is 4.36. The van der Waals surface area contributed by atoms with Crippen molar-refractivity contribution in [3.63, 3.8) is 0 Å². The van der Waals surface area contributed by atoms with E-state index >= 15 is 0 Å². The molecule has 0 saturated carbocycles. The highest BCUT2D eigenvalue weighted by Gasteiger charge is 2.31. The zero-order valence-electron chi connectivity index (χ0n) is 14.4. The predicted octanol–water partition coefficient (Wildman–Crippen LogP) is 2.08. The van der Waals surface area contributed by atoms with Crippen molar-refractivity contribution in [3.8, 4) is 11.4 Å². The van der Waals surface area contributed by atoms with Gasteiger partial charge in [-0.25, -0.2) is 19.3 Å². The highest BCUT2D eigenvalue weighted by atomic mass is 35.5. The van der Waals surface area contributed by atoms with Crippen molar-refractivity contribution < 1.29 is 13.9 Å². The van der Waals surface area contributed by atoms with Crippen LogP contribution in [0.25, 0.3) is 22.4 Å². The zero-order chi connectivity index (χ0) is 19.0. The van der Waals surface area contributed by atoms with Crippen LogP contribution < -0.4 is 5.32 Å². The number of methoxy groups -OCH3 is 1. The Morgan fingerprint density at radius 3 is 3.04 bits per heavy atom. The van der Waals surface area contributed by atoms with Gasteiger partial charge in [-0.2, -0.15) is 0 Å². The number of anilines is 1. The van der Waals surface area contributed by atoms with Gasteiger partial charge in [0.05, 0.1) is 17.3 Å². The summed E-state index contributed by atoms with van der Waals surface area (Å²) in [6.45, 7) is 0.969. The van der Waals surface area contributed by atoms with Gasteiger partial charge < -0.3 is 19.9 Å². The lowest BCUT2D eigenvalue weighted by Crippen LogP contribution is -2.58. The maximum absolute atomic E-state index is 14.2. The van der Waals surface area contributed by atoms with E-state index in [-0.39, 0.29) is 24.4 Å². The number of aromatic amines is 1. The number of pyridine rings is 1. The van der Waals surface area contributed by atoms with Crippen LogP contribution in [0.1, 0.15) is 0 Å². The molecule has 0 aromatic carbocycles. The number of H-pyrrole nitrogens is 1. The molecule has 2 N–H and O–H groups in total. The minimum absolute atomic E-state index is 0.0376. The lowest BCUT2D eigenvalue weighted by Gasteiger charge is -2.39. The summed E-state index contributed by atoms with van der Waals surface area (Å²) >= 11 is 6.02. The van der Waals surface area contributed by atoms with Crippen molar-refractivity contribution in [1.82, 2.24) is 24.8 Å². The van der Waals surface area contributed by atoms with E-state index in [2.05, 4.69) is 25.3 Å². The van der Waals surface area contributed by atoms with Gasteiger partial charge >= 0.3 is 0 Å². The van der Waals surface area contributed by atoms with Crippen molar-refractivity contribution in [1.29, 1.82) is 0 Å². The van der Waals surface area contributed by atoms with Crippen LogP contribution in [0, 0.1) is 5.82 Å². The summed E-state index contributed by atoms with van der Waals surface area (Å²) in [5.74, 6) is -0.215. The van der Waals surface area contributed by atoms with E-state index in [1.165, 1.54) is 13.3 Å². The van der Waals surface area contributed by atoms with Gasteiger partial charge in [0.25, 0.3) is 0 Å². The second-order valence-corrected chi connectivity index (χ2v) is 6.65. The summed E-state index contributed by atoms with van der Waals surface area (Å²) in [5, 5.41) is 4.26. The standard InChI is InChI=1S/C17H16ClFN6O2/c1-27-8-14(26)25-6-10(7-25)23-17-13(19)5-22-16(24-17)12-4-21-15-11(12)2-9(18)3-20-15/h2-5,10H,6-8H2,1H3,(H,20,21)(H,22,23,24). The largest absolute Gasteiger partial charge is 0.375 e. The van der Waals surface area contributed by atoms with E-state index in [0.29, 0.717) is 35.1 Å². The molecule has 1 fully saturated rings. The number of ether oxygens (including phenoxy) is 1. The van der Waals surface area contributed by atoms with Crippen LogP contribution in [0.4, 0.5) is 10.2 Å². The van der Waals surface area contributed by atoms with E-state index in [1.54, 1.807) is 17.2 Å². The monoisotopic (exact) mass is 390 g/mol. The predicted molar refractivity (Wildman–Crippen MR) is 98.0 cm³/mol. The third kappa shape index (κ3) is 3.43. The number of amides is 1. The molecule has 0 aliphatic carbocycles. The van der Waals surface area contributed by atoms with Gasteiger partial charge in [0.2, 0.25) is 5.91 Å². The molecule has 0 bridgehead atoms. The molecule has 0 spiro atoms. The Balaban J connectivity index is 1.54. The first-order valence-corrected chi connectivity index (χ1v) is 8.61. The van der Waals surface area contributed by atoms with E-state index in [9.17, 15) is 9.18 Å². The number of halogens is 2. The average molecular weight is 391 g/mol. The molecule has 1 saturated heterocycles. The van der Waals surface area contributed by atoms with Crippen molar-refractivity contribution >= 4 is 34.4 Å². The maximum Gasteiger partial charge on any atom is 0.248 e. The van der Waals surface area contributed by atoms with Crippen molar-refractivity contribution in [2.75, 3.05) is 32.1 Å². The van der Waals surface area contributed by atoms with Crippen LogP contribution >= 0.6 is 11.6 Å². The summed E-state index contributed by atoms with van der Waals surface area (Å²) < 4.78 is 19.0. The Morgan fingerprint density at radius 2 is 2.26 bits per heavy atom. The topological polar surface area (TPSA) is 96.0 Å². The quantitative estimate of drug-likeness (QED) is 0.692. The minimum atomic E-state index is -0.559. The lowest BCUT2D eigenvalue weighted by atomic mass is 10.1. The Kier molecular flexibility index (Phi) is 4.63. The Morgan fingerprint density at radius 1 is 1.44 bits per heavy atom. The first-order chi connectivity index (χ1) is 13.0. The number of fused-ring (bicyclic) bond motifs is 1. The number of likely N-dealkylation sites (tertiary alicyclic amines) is 1. The van der Waals surface area contributed by atoms with Gasteiger partial charge in [0, 0.05) is 43.5 Å². The number of hydrogen-bond donors (Lipinski definition) is 2. The smallest absolute Gasteiger partial charge is 0.248 e. The number of carbonyl (C=O) groups is 1. The molecular weight excluding hydrogens is 375 g/mol. The van der Waals surface area contributed by atoms with Gasteiger partial charge in [-0.3, -0.25) is 4.79 Å². The second kappa shape index (κ2) is 7.09. The van der Waals surface area contributed by atoms with Crippen LogP contribution in [0.2, 0.25) is 5.02 Å². The Bertz CT molecular complexity index is 1000. The molecule has 0 radical (unpaired) electrons. The van der Waals surface area contributed by atoms with Crippen molar-refractivity contribution in [2.24, 2.45) is 0 Å². The molecule has 4 rings (SSSR count). The van der Waals surface area contributed by atoms with Crippen molar-refractivity contribution in [3.05, 3.63) is 35.5 Å². The summed E-state index contributed by atoms with van der Waals surface area (Å²) in [5.41, 5.74) is 1.32. The van der Waals surface area contributed by atoms with E-state index in [1.807, 2.05) is 0 Å². The molecular formula is C17H16ClFN6O2. The third-order valence-corrected chi connectivity index (χ3v) is 4.53. The Labute approximate surface area is 158 Å². The van der Waals surface area contributed by atoms with E-state index < -0.39 is 5.82 Å². The second-order valence-electron chi connectivity index (χ2n) is 6.22. The molecule has 8 nitrogen and oxygen atoms in total. The summed E-state index contributed by atoms with van der Waals surface area (Å²) in [7, 11) is 1.47. The number of carbonyl (C=O) groups excluding carboxylic acids is 1. The summed E-state index contributed by atoms with van der Waals surface area (Å²) in [6, 6.07) is 1.67. The molecule has 140 valence electrons. The first-order valence-electron chi connectivity index (χ1n) is 8.24. The van der Waals surface area contributed by atoms with Crippen LogP contribution in [0.5, 0.6) is 0 Å². The molecule has 0 atom stereocenters. The van der Waals surface area contributed by atoms with E-state index in [0.717, 1.165) is 11.6 Å². The lowest BCUT2D eigenvalue weighted by molar-refractivity contribution is -0.139. The normalized spacial score (nSPS) is 14.4. The maximum atomic E-state index is 14.2. The minimum Gasteiger partial charge on any atom is -0.375 e. The van der Waals surface area contributed by atoms with Crippen LogP contribution in [0.15, 0.2) is 24.7 Å². The fourth-order valence-electron chi connectivity index (χ4n) is 2.94. The number of nitrogens with one attached hydrogen (secondary N) is 2. The number of aromatic nitrogens is 4. The highest BCUT2D eigenvalue weighted by molar-refractivity contribution is 6.31. The molecule has 0 unspecified atom stereocenters. The van der Waals surface area contributed by atoms with Gasteiger partial charge in [-0.15, -0.1) is 0 Å². The molecule has 1 aliphatic rings. The first kappa shape index (κ1) is 17.6. The molecule has 10 heteroatoms. The van der Waals surface area contributed by atoms with Crippen molar-refractivity contribution in [2.45, 2.75) is 6.04 Å². The SMILES string of the molecule is COCC(=O)N1CC(Nc2nc(-c3c[nH]c4ncc(Cl)cc34)ncc2F)C1. The fourth-order valence-corrected chi connectivity index (χ4v) is 3.10. The average Bonchev–Trinajstić information content (AvgIpc) is 3.02. The number of nitrogens with zero attached hydrogens (tertiary/aromatic N) is 4. The van der Waals surface area contributed by atoms with Gasteiger partial charge in [0.1, 0.15) is 12.3 Å². The highest BCUT2D eigenvalue weighted by Crippen LogP contribution is 2.28. The molecule has 3 aromatic rings.